The fourth-order valence-corrected chi connectivity index (χ4v) is 3.36. The van der Waals surface area contributed by atoms with Gasteiger partial charge in [-0.05, 0) is 30.4 Å². The summed E-state index contributed by atoms with van der Waals surface area (Å²) < 4.78 is 0. The maximum absolute atomic E-state index is 12.2. The number of nitrogens with one attached hydrogen (secondary N) is 2. The van der Waals surface area contributed by atoms with Crippen LogP contribution in [0.2, 0.25) is 0 Å². The molecule has 1 aliphatic rings. The number of aromatic nitrogens is 2. The molecule has 2 atom stereocenters. The average molecular weight is 305 g/mol. The number of H-pyrrole nitrogens is 1. The smallest absolute Gasteiger partial charge is 0.308 e. The fraction of sp³-hybridized carbons (Fsp3) is 0.357. The third kappa shape index (κ3) is 2.82. The molecule has 0 saturated heterocycles. The Morgan fingerprint density at radius 3 is 3.00 bits per heavy atom. The zero-order valence-corrected chi connectivity index (χ0v) is 12.0. The maximum Gasteiger partial charge on any atom is 0.308 e. The summed E-state index contributed by atoms with van der Waals surface area (Å²) in [5.74, 6) is -1.67. The Morgan fingerprint density at radius 1 is 1.43 bits per heavy atom. The first-order chi connectivity index (χ1) is 10.1. The predicted molar refractivity (Wildman–Crippen MR) is 78.1 cm³/mol. The summed E-state index contributed by atoms with van der Waals surface area (Å²) in [5, 5.41) is 20.7. The number of carbonyl (C=O) groups is 2. The lowest BCUT2D eigenvalue weighted by Crippen LogP contribution is -2.40. The lowest BCUT2D eigenvalue weighted by molar-refractivity contribution is -0.142. The van der Waals surface area contributed by atoms with Crippen LogP contribution in [0.15, 0.2) is 23.6 Å². The SMILES string of the molecule is O=C(N[C@H]1CCC[C@H]1C(=O)O)c1cc(-c2cccs2)[nH]n1. The Kier molecular flexibility index (Phi) is 3.74. The topological polar surface area (TPSA) is 95.1 Å². The number of nitrogens with zero attached hydrogens (tertiary/aromatic N) is 1. The van der Waals surface area contributed by atoms with Crippen molar-refractivity contribution in [1.29, 1.82) is 0 Å². The normalized spacial score (nSPS) is 21.3. The Hall–Kier alpha value is -2.15. The molecule has 0 bridgehead atoms. The minimum atomic E-state index is -0.848. The Morgan fingerprint density at radius 2 is 2.29 bits per heavy atom. The molecule has 1 amide bonds. The second-order valence-electron chi connectivity index (χ2n) is 5.10. The molecule has 21 heavy (non-hydrogen) atoms. The van der Waals surface area contributed by atoms with Crippen LogP contribution in [0.25, 0.3) is 10.6 Å². The van der Waals surface area contributed by atoms with Gasteiger partial charge in [-0.15, -0.1) is 11.3 Å². The second-order valence-corrected chi connectivity index (χ2v) is 6.05. The molecule has 0 radical (unpaired) electrons. The van der Waals surface area contributed by atoms with E-state index in [-0.39, 0.29) is 17.6 Å². The lowest BCUT2D eigenvalue weighted by Gasteiger charge is -2.16. The van der Waals surface area contributed by atoms with Crippen LogP contribution in [-0.4, -0.2) is 33.2 Å². The van der Waals surface area contributed by atoms with E-state index in [0.29, 0.717) is 12.8 Å². The van der Waals surface area contributed by atoms with Gasteiger partial charge in [0.2, 0.25) is 0 Å². The number of carbonyl (C=O) groups excluding carboxylic acids is 1. The molecule has 1 saturated carbocycles. The highest BCUT2D eigenvalue weighted by atomic mass is 32.1. The van der Waals surface area contributed by atoms with Crippen molar-refractivity contribution in [2.45, 2.75) is 25.3 Å². The van der Waals surface area contributed by atoms with E-state index in [0.717, 1.165) is 17.0 Å². The second kappa shape index (κ2) is 5.69. The summed E-state index contributed by atoms with van der Waals surface area (Å²) in [6.07, 6.45) is 2.13. The Bertz CT molecular complexity index is 650. The minimum Gasteiger partial charge on any atom is -0.481 e. The number of hydrogen-bond donors (Lipinski definition) is 3. The van der Waals surface area contributed by atoms with Gasteiger partial charge >= 0.3 is 5.97 Å². The molecule has 6 nitrogen and oxygen atoms in total. The number of aromatic amines is 1. The third-order valence-corrected chi connectivity index (χ3v) is 4.65. The summed E-state index contributed by atoms with van der Waals surface area (Å²) in [4.78, 5) is 24.3. The van der Waals surface area contributed by atoms with Crippen molar-refractivity contribution in [3.63, 3.8) is 0 Å². The zero-order chi connectivity index (χ0) is 14.8. The van der Waals surface area contributed by atoms with E-state index in [1.165, 1.54) is 0 Å². The number of hydrogen-bond acceptors (Lipinski definition) is 4. The van der Waals surface area contributed by atoms with Gasteiger partial charge in [-0.2, -0.15) is 5.10 Å². The van der Waals surface area contributed by atoms with E-state index in [2.05, 4.69) is 15.5 Å². The van der Waals surface area contributed by atoms with Crippen LogP contribution in [0, 0.1) is 5.92 Å². The van der Waals surface area contributed by atoms with Crippen LogP contribution in [0.4, 0.5) is 0 Å². The van der Waals surface area contributed by atoms with Gasteiger partial charge in [0.05, 0.1) is 16.5 Å². The summed E-state index contributed by atoms with van der Waals surface area (Å²) in [7, 11) is 0. The molecule has 0 aliphatic heterocycles. The number of carboxylic acid groups (broad SMARTS) is 1. The van der Waals surface area contributed by atoms with Crippen LogP contribution in [-0.2, 0) is 4.79 Å². The van der Waals surface area contributed by atoms with Gasteiger partial charge in [0.25, 0.3) is 5.91 Å². The van der Waals surface area contributed by atoms with Crippen LogP contribution < -0.4 is 5.32 Å². The number of rotatable bonds is 4. The quantitative estimate of drug-likeness (QED) is 0.806. The molecule has 3 rings (SSSR count). The van der Waals surface area contributed by atoms with E-state index < -0.39 is 11.9 Å². The highest BCUT2D eigenvalue weighted by molar-refractivity contribution is 7.13. The van der Waals surface area contributed by atoms with Crippen molar-refractivity contribution < 1.29 is 14.7 Å². The van der Waals surface area contributed by atoms with Gasteiger partial charge in [-0.3, -0.25) is 14.7 Å². The van der Waals surface area contributed by atoms with Gasteiger partial charge in [-0.1, -0.05) is 12.5 Å². The van der Waals surface area contributed by atoms with Gasteiger partial charge in [0.15, 0.2) is 5.69 Å². The van der Waals surface area contributed by atoms with Crippen molar-refractivity contribution in [1.82, 2.24) is 15.5 Å². The fourth-order valence-electron chi connectivity index (χ4n) is 2.67. The van der Waals surface area contributed by atoms with E-state index >= 15 is 0 Å². The number of thiophene rings is 1. The predicted octanol–water partition coefficient (Wildman–Crippen LogP) is 2.12. The van der Waals surface area contributed by atoms with Gasteiger partial charge in [0, 0.05) is 6.04 Å². The average Bonchev–Trinajstić information content (AvgIpc) is 3.19. The summed E-state index contributed by atoms with van der Waals surface area (Å²) in [5.41, 5.74) is 1.07. The lowest BCUT2D eigenvalue weighted by atomic mass is 10.0. The van der Waals surface area contributed by atoms with Crippen molar-refractivity contribution in [3.05, 3.63) is 29.3 Å². The highest BCUT2D eigenvalue weighted by Gasteiger charge is 2.34. The summed E-state index contributed by atoms with van der Waals surface area (Å²) >= 11 is 1.56. The number of carboxylic acids is 1. The molecule has 1 aliphatic carbocycles. The number of aliphatic carboxylic acids is 1. The van der Waals surface area contributed by atoms with Gasteiger partial charge in [-0.25, -0.2) is 0 Å². The third-order valence-electron chi connectivity index (χ3n) is 3.75. The molecule has 0 spiro atoms. The molecule has 0 unspecified atom stereocenters. The molecule has 3 N–H and O–H groups in total. The largest absolute Gasteiger partial charge is 0.481 e. The molecular weight excluding hydrogens is 290 g/mol. The van der Waals surface area contributed by atoms with Crippen molar-refractivity contribution in [3.8, 4) is 10.6 Å². The highest BCUT2D eigenvalue weighted by Crippen LogP contribution is 2.26. The standard InChI is InChI=1S/C14H15N3O3S/c18-13(15-9-4-1-3-8(9)14(19)20)11-7-10(16-17-11)12-5-2-6-21-12/h2,5-9H,1,3-4H2,(H,15,18)(H,16,17)(H,19,20)/t8-,9+/m1/s1. The van der Waals surface area contributed by atoms with Crippen molar-refractivity contribution >= 4 is 23.2 Å². The Balaban J connectivity index is 1.70. The van der Waals surface area contributed by atoms with Crippen molar-refractivity contribution in [2.75, 3.05) is 0 Å². The van der Waals surface area contributed by atoms with Crippen LogP contribution >= 0.6 is 11.3 Å². The minimum absolute atomic E-state index is 0.287. The van der Waals surface area contributed by atoms with Crippen LogP contribution in [0.1, 0.15) is 29.8 Å². The van der Waals surface area contributed by atoms with Crippen molar-refractivity contribution in [2.24, 2.45) is 5.92 Å². The molecular formula is C14H15N3O3S. The zero-order valence-electron chi connectivity index (χ0n) is 11.2. The van der Waals surface area contributed by atoms with Gasteiger partial charge < -0.3 is 10.4 Å². The van der Waals surface area contributed by atoms with Crippen LogP contribution in [0.3, 0.4) is 0 Å². The van der Waals surface area contributed by atoms with Gasteiger partial charge in [0.1, 0.15) is 0 Å². The monoisotopic (exact) mass is 305 g/mol. The molecule has 2 aromatic rings. The Labute approximate surface area is 125 Å². The summed E-state index contributed by atoms with van der Waals surface area (Å²) in [6, 6.07) is 5.25. The molecule has 0 aromatic carbocycles. The van der Waals surface area contributed by atoms with E-state index in [9.17, 15) is 9.59 Å². The summed E-state index contributed by atoms with van der Waals surface area (Å²) in [6.45, 7) is 0. The first-order valence-electron chi connectivity index (χ1n) is 6.78. The van der Waals surface area contributed by atoms with E-state index in [4.69, 9.17) is 5.11 Å². The first kappa shape index (κ1) is 13.8. The molecule has 7 heteroatoms. The van der Waals surface area contributed by atoms with E-state index in [1.54, 1.807) is 17.4 Å². The number of amides is 1. The first-order valence-corrected chi connectivity index (χ1v) is 7.66. The van der Waals surface area contributed by atoms with E-state index in [1.807, 2.05) is 17.5 Å². The molecule has 2 aromatic heterocycles. The molecule has 1 fully saturated rings. The molecule has 110 valence electrons. The maximum atomic E-state index is 12.2. The van der Waals surface area contributed by atoms with Crippen LogP contribution in [0.5, 0.6) is 0 Å². The molecule has 2 heterocycles.